The third kappa shape index (κ3) is 4.45. The Labute approximate surface area is 132 Å². The molecule has 0 bridgehead atoms. The Balaban J connectivity index is 3.08. The molecule has 0 aromatic heterocycles. The van der Waals surface area contributed by atoms with Gasteiger partial charge in [-0.05, 0) is 39.1 Å². The van der Waals surface area contributed by atoms with E-state index in [0.717, 1.165) is 0 Å². The predicted octanol–water partition coefficient (Wildman–Crippen LogP) is 1.48. The van der Waals surface area contributed by atoms with Gasteiger partial charge in [0.2, 0.25) is 0 Å². The van der Waals surface area contributed by atoms with Crippen LogP contribution in [-0.4, -0.2) is 46.0 Å². The van der Waals surface area contributed by atoms with E-state index >= 15 is 0 Å². The number of ether oxygens (including phenoxy) is 1. The number of carbonyl (C=O) groups excluding carboxylic acids is 1. The van der Waals surface area contributed by atoms with E-state index in [4.69, 9.17) is 4.74 Å². The Morgan fingerprint density at radius 1 is 1.27 bits per heavy atom. The van der Waals surface area contributed by atoms with E-state index < -0.39 is 22.0 Å². The predicted molar refractivity (Wildman–Crippen MR) is 85.3 cm³/mol. The van der Waals surface area contributed by atoms with E-state index in [2.05, 4.69) is 4.72 Å². The number of carbonyl (C=O) groups is 1. The highest BCUT2D eigenvalue weighted by Crippen LogP contribution is 2.23. The van der Waals surface area contributed by atoms with Crippen molar-refractivity contribution >= 4 is 15.9 Å². The lowest BCUT2D eigenvalue weighted by Gasteiger charge is -2.26. The first-order valence-corrected chi connectivity index (χ1v) is 8.64. The molecule has 0 radical (unpaired) electrons. The summed E-state index contributed by atoms with van der Waals surface area (Å²) in [5.41, 5.74) is 0. The van der Waals surface area contributed by atoms with Gasteiger partial charge in [-0.3, -0.25) is 9.69 Å². The number of amides is 1. The van der Waals surface area contributed by atoms with Crippen LogP contribution in [0.1, 0.15) is 20.8 Å². The highest BCUT2D eigenvalue weighted by molar-refractivity contribution is 7.90. The second-order valence-electron chi connectivity index (χ2n) is 5.50. The SMILES string of the molecule is CCOc1ccccc1S(=O)(=O)NC(=O)[C@H](C(C)C)N(C)C. The zero-order valence-electron chi connectivity index (χ0n) is 13.7. The summed E-state index contributed by atoms with van der Waals surface area (Å²) in [6.07, 6.45) is 0. The van der Waals surface area contributed by atoms with Crippen LogP contribution in [0.5, 0.6) is 5.75 Å². The Kier molecular flexibility index (Phi) is 6.37. The Morgan fingerprint density at radius 3 is 2.36 bits per heavy atom. The van der Waals surface area contributed by atoms with Crippen molar-refractivity contribution in [2.75, 3.05) is 20.7 Å². The second-order valence-corrected chi connectivity index (χ2v) is 7.15. The molecule has 1 aromatic carbocycles. The van der Waals surface area contributed by atoms with Crippen LogP contribution in [0.25, 0.3) is 0 Å². The molecule has 0 saturated heterocycles. The molecule has 1 N–H and O–H groups in total. The summed E-state index contributed by atoms with van der Waals surface area (Å²) in [4.78, 5) is 14.0. The number of para-hydroxylation sites is 1. The third-order valence-electron chi connectivity index (χ3n) is 3.13. The number of likely N-dealkylation sites (N-methyl/N-ethyl adjacent to an activating group) is 1. The average Bonchev–Trinajstić information content (AvgIpc) is 2.37. The zero-order chi connectivity index (χ0) is 16.9. The van der Waals surface area contributed by atoms with Crippen molar-refractivity contribution in [3.8, 4) is 5.75 Å². The summed E-state index contributed by atoms with van der Waals surface area (Å²) in [5, 5.41) is 0. The monoisotopic (exact) mass is 328 g/mol. The lowest BCUT2D eigenvalue weighted by Crippen LogP contribution is -2.48. The standard InChI is InChI=1S/C15H24N2O4S/c1-6-21-12-9-7-8-10-13(12)22(19,20)16-15(18)14(11(2)3)17(4)5/h7-11,14H,6H2,1-5H3,(H,16,18)/t14-/m0/s1. The van der Waals surface area contributed by atoms with E-state index in [1.54, 1.807) is 44.1 Å². The van der Waals surface area contributed by atoms with Crippen LogP contribution >= 0.6 is 0 Å². The first-order chi connectivity index (χ1) is 10.2. The maximum absolute atomic E-state index is 12.5. The summed E-state index contributed by atoms with van der Waals surface area (Å²) in [6.45, 7) is 5.84. The van der Waals surface area contributed by atoms with Crippen LogP contribution in [0.3, 0.4) is 0 Å². The van der Waals surface area contributed by atoms with Gasteiger partial charge in [0, 0.05) is 0 Å². The van der Waals surface area contributed by atoms with Crippen molar-refractivity contribution in [1.82, 2.24) is 9.62 Å². The number of rotatable bonds is 7. The number of sulfonamides is 1. The minimum absolute atomic E-state index is 0.0210. The van der Waals surface area contributed by atoms with Crippen LogP contribution in [0.4, 0.5) is 0 Å². The minimum atomic E-state index is -3.98. The highest BCUT2D eigenvalue weighted by atomic mass is 32.2. The molecule has 124 valence electrons. The fourth-order valence-electron chi connectivity index (χ4n) is 2.33. The van der Waals surface area contributed by atoms with Crippen LogP contribution in [0, 0.1) is 5.92 Å². The van der Waals surface area contributed by atoms with Crippen molar-refractivity contribution in [2.24, 2.45) is 5.92 Å². The molecule has 6 nitrogen and oxygen atoms in total. The van der Waals surface area contributed by atoms with Gasteiger partial charge in [-0.25, -0.2) is 13.1 Å². The third-order valence-corrected chi connectivity index (χ3v) is 4.52. The Morgan fingerprint density at radius 2 is 1.86 bits per heavy atom. The van der Waals surface area contributed by atoms with Gasteiger partial charge in [0.15, 0.2) is 0 Å². The first-order valence-electron chi connectivity index (χ1n) is 7.15. The van der Waals surface area contributed by atoms with E-state index in [0.29, 0.717) is 6.61 Å². The molecule has 22 heavy (non-hydrogen) atoms. The number of benzene rings is 1. The van der Waals surface area contributed by atoms with E-state index in [1.807, 2.05) is 13.8 Å². The molecule has 7 heteroatoms. The summed E-state index contributed by atoms with van der Waals surface area (Å²) < 4.78 is 32.4. The summed E-state index contributed by atoms with van der Waals surface area (Å²) in [7, 11) is -0.493. The van der Waals surface area contributed by atoms with Crippen molar-refractivity contribution < 1.29 is 17.9 Å². The lowest BCUT2D eigenvalue weighted by molar-refractivity contribution is -0.125. The molecule has 1 aromatic rings. The quantitative estimate of drug-likeness (QED) is 0.820. The van der Waals surface area contributed by atoms with Gasteiger partial charge in [0.05, 0.1) is 12.6 Å². The summed E-state index contributed by atoms with van der Waals surface area (Å²) in [5.74, 6) is -0.338. The molecule has 1 amide bonds. The number of nitrogens with one attached hydrogen (secondary N) is 1. The molecule has 0 aliphatic carbocycles. The van der Waals surface area contributed by atoms with E-state index in [9.17, 15) is 13.2 Å². The molecule has 1 atom stereocenters. The van der Waals surface area contributed by atoms with E-state index in [1.165, 1.54) is 6.07 Å². The number of hydrogen-bond acceptors (Lipinski definition) is 5. The number of nitrogens with zero attached hydrogens (tertiary/aromatic N) is 1. The fourth-order valence-corrected chi connectivity index (χ4v) is 3.47. The van der Waals surface area contributed by atoms with Crippen molar-refractivity contribution in [3.05, 3.63) is 24.3 Å². The molecule has 0 spiro atoms. The van der Waals surface area contributed by atoms with Gasteiger partial charge in [0.1, 0.15) is 10.6 Å². The maximum atomic E-state index is 12.5. The summed E-state index contributed by atoms with van der Waals surface area (Å²) in [6, 6.07) is 5.72. The number of hydrogen-bond donors (Lipinski definition) is 1. The van der Waals surface area contributed by atoms with Crippen molar-refractivity contribution in [2.45, 2.75) is 31.7 Å². The van der Waals surface area contributed by atoms with Gasteiger partial charge in [-0.1, -0.05) is 26.0 Å². The van der Waals surface area contributed by atoms with Gasteiger partial charge in [-0.15, -0.1) is 0 Å². The molecule has 1 rings (SSSR count). The van der Waals surface area contributed by atoms with Crippen LogP contribution < -0.4 is 9.46 Å². The molecule has 0 heterocycles. The highest BCUT2D eigenvalue weighted by Gasteiger charge is 2.29. The topological polar surface area (TPSA) is 75.7 Å². The first kappa shape index (κ1) is 18.4. The van der Waals surface area contributed by atoms with Crippen molar-refractivity contribution in [3.63, 3.8) is 0 Å². The molecule has 0 aliphatic rings. The molecule has 0 saturated carbocycles. The lowest BCUT2D eigenvalue weighted by atomic mass is 10.0. The van der Waals surface area contributed by atoms with Gasteiger partial charge >= 0.3 is 0 Å². The van der Waals surface area contributed by atoms with Crippen LogP contribution in [0.15, 0.2) is 29.2 Å². The second kappa shape index (κ2) is 7.60. The largest absolute Gasteiger partial charge is 0.492 e. The Bertz CT molecular complexity index is 604. The molecular formula is C15H24N2O4S. The molecule has 0 unspecified atom stereocenters. The fraction of sp³-hybridized carbons (Fsp3) is 0.533. The Hall–Kier alpha value is -1.60. The minimum Gasteiger partial charge on any atom is -0.492 e. The van der Waals surface area contributed by atoms with E-state index in [-0.39, 0.29) is 16.6 Å². The van der Waals surface area contributed by atoms with Crippen LogP contribution in [0.2, 0.25) is 0 Å². The molecule has 0 aliphatic heterocycles. The van der Waals surface area contributed by atoms with Gasteiger partial charge in [-0.2, -0.15) is 0 Å². The summed E-state index contributed by atoms with van der Waals surface area (Å²) >= 11 is 0. The van der Waals surface area contributed by atoms with Gasteiger partial charge in [0.25, 0.3) is 15.9 Å². The van der Waals surface area contributed by atoms with Crippen LogP contribution in [-0.2, 0) is 14.8 Å². The maximum Gasteiger partial charge on any atom is 0.267 e. The van der Waals surface area contributed by atoms with Gasteiger partial charge < -0.3 is 4.74 Å². The van der Waals surface area contributed by atoms with Crippen molar-refractivity contribution in [1.29, 1.82) is 0 Å². The molecule has 0 fully saturated rings. The smallest absolute Gasteiger partial charge is 0.267 e. The molecular weight excluding hydrogens is 304 g/mol. The zero-order valence-corrected chi connectivity index (χ0v) is 14.5. The average molecular weight is 328 g/mol. The normalized spacial score (nSPS) is 13.2.